The van der Waals surface area contributed by atoms with Crippen molar-refractivity contribution in [2.75, 3.05) is 5.32 Å². The molecule has 1 atom stereocenters. The number of rotatable bonds is 6. The molecule has 2 amide bonds. The van der Waals surface area contributed by atoms with E-state index >= 15 is 0 Å². The van der Waals surface area contributed by atoms with Crippen LogP contribution in [0.25, 0.3) is 0 Å². The second kappa shape index (κ2) is 6.83. The Hall–Kier alpha value is -2.97. The minimum absolute atomic E-state index is 0.132. The summed E-state index contributed by atoms with van der Waals surface area (Å²) in [6.07, 6.45) is -0.222. The predicted octanol–water partition coefficient (Wildman–Crippen LogP) is 0.758. The highest BCUT2D eigenvalue weighted by Gasteiger charge is 2.15. The van der Waals surface area contributed by atoms with E-state index in [9.17, 15) is 24.5 Å². The highest BCUT2D eigenvalue weighted by Crippen LogP contribution is 2.15. The fourth-order valence-corrected chi connectivity index (χ4v) is 1.32. The number of aliphatic carboxylic acids is 1. The van der Waals surface area contributed by atoms with E-state index in [4.69, 9.17) is 5.11 Å². The van der Waals surface area contributed by atoms with Crippen molar-refractivity contribution in [1.82, 2.24) is 5.32 Å². The number of non-ortho nitro benzene ring substituents is 1. The molecular weight excluding hydrogens is 270 g/mol. The van der Waals surface area contributed by atoms with Gasteiger partial charge >= 0.3 is 12.0 Å². The first kappa shape index (κ1) is 15.1. The Kier molecular flexibility index (Phi) is 5.15. The molecule has 1 rings (SSSR count). The highest BCUT2D eigenvalue weighted by molar-refractivity contribution is 5.91. The number of carbonyl (C=O) groups is 3. The van der Waals surface area contributed by atoms with E-state index in [1.165, 1.54) is 24.3 Å². The van der Waals surface area contributed by atoms with Crippen molar-refractivity contribution in [3.05, 3.63) is 34.4 Å². The van der Waals surface area contributed by atoms with Gasteiger partial charge in [0, 0.05) is 17.8 Å². The Labute approximate surface area is 112 Å². The number of hydrogen-bond donors (Lipinski definition) is 3. The summed E-state index contributed by atoms with van der Waals surface area (Å²) in [5.74, 6) is -1.22. The summed E-state index contributed by atoms with van der Waals surface area (Å²) in [5, 5.41) is 23.4. The summed E-state index contributed by atoms with van der Waals surface area (Å²) in [6, 6.07) is 3.09. The van der Waals surface area contributed by atoms with Crippen molar-refractivity contribution < 1.29 is 24.4 Å². The SMILES string of the molecule is O=C[C@H](CC(=O)O)NC(=O)Nc1ccc([N+](=O)[O-])cc1. The average Bonchev–Trinajstić information content (AvgIpc) is 2.37. The molecule has 0 aliphatic heterocycles. The Bertz CT molecular complexity index is 527. The van der Waals surface area contributed by atoms with Crippen molar-refractivity contribution >= 4 is 29.7 Å². The topological polar surface area (TPSA) is 139 Å². The number of carboxylic acid groups (broad SMARTS) is 1. The number of amides is 2. The van der Waals surface area contributed by atoms with Crippen LogP contribution in [0.2, 0.25) is 0 Å². The average molecular weight is 281 g/mol. The molecule has 106 valence electrons. The molecule has 0 fully saturated rings. The number of hydrogen-bond acceptors (Lipinski definition) is 5. The molecule has 1 aromatic carbocycles. The number of benzene rings is 1. The first-order chi connectivity index (χ1) is 9.42. The summed E-state index contributed by atoms with van der Waals surface area (Å²) in [7, 11) is 0. The quantitative estimate of drug-likeness (QED) is 0.399. The number of nitrogens with zero attached hydrogens (tertiary/aromatic N) is 1. The lowest BCUT2D eigenvalue weighted by atomic mass is 10.2. The van der Waals surface area contributed by atoms with Gasteiger partial charge in [-0.25, -0.2) is 4.79 Å². The summed E-state index contributed by atoms with van der Waals surface area (Å²) in [4.78, 5) is 42.3. The summed E-state index contributed by atoms with van der Waals surface area (Å²) in [6.45, 7) is 0. The van der Waals surface area contributed by atoms with E-state index in [1.54, 1.807) is 0 Å². The number of carboxylic acids is 1. The van der Waals surface area contributed by atoms with Gasteiger partial charge in [-0.1, -0.05) is 0 Å². The Morgan fingerprint density at radius 2 is 1.95 bits per heavy atom. The van der Waals surface area contributed by atoms with Gasteiger partial charge < -0.3 is 20.5 Å². The molecule has 3 N–H and O–H groups in total. The molecule has 20 heavy (non-hydrogen) atoms. The van der Waals surface area contributed by atoms with Gasteiger partial charge in [-0.05, 0) is 12.1 Å². The lowest BCUT2D eigenvalue weighted by Crippen LogP contribution is -2.40. The molecule has 9 heteroatoms. The Balaban J connectivity index is 2.59. The summed E-state index contributed by atoms with van der Waals surface area (Å²) in [5.41, 5.74) is 0.140. The predicted molar refractivity (Wildman–Crippen MR) is 67.4 cm³/mol. The van der Waals surface area contributed by atoms with E-state index in [0.717, 1.165) is 0 Å². The third-order valence-corrected chi connectivity index (χ3v) is 2.21. The maximum Gasteiger partial charge on any atom is 0.319 e. The second-order valence-electron chi connectivity index (χ2n) is 3.74. The van der Waals surface area contributed by atoms with Gasteiger partial charge in [-0.3, -0.25) is 14.9 Å². The molecule has 0 aliphatic carbocycles. The number of nitrogens with one attached hydrogen (secondary N) is 2. The molecule has 0 bridgehead atoms. The first-order valence-electron chi connectivity index (χ1n) is 5.41. The molecule has 0 saturated carbocycles. The zero-order valence-corrected chi connectivity index (χ0v) is 10.1. The zero-order chi connectivity index (χ0) is 15.1. The summed E-state index contributed by atoms with van der Waals surface area (Å²) < 4.78 is 0. The molecule has 0 heterocycles. The van der Waals surface area contributed by atoms with Crippen molar-refractivity contribution in [2.24, 2.45) is 0 Å². The number of carbonyl (C=O) groups excluding carboxylic acids is 2. The van der Waals surface area contributed by atoms with Gasteiger partial charge in [0.25, 0.3) is 5.69 Å². The van der Waals surface area contributed by atoms with E-state index in [-0.39, 0.29) is 11.4 Å². The summed E-state index contributed by atoms with van der Waals surface area (Å²) >= 11 is 0. The van der Waals surface area contributed by atoms with Crippen LogP contribution in [-0.4, -0.2) is 34.4 Å². The van der Waals surface area contributed by atoms with Gasteiger partial charge in [0.05, 0.1) is 17.4 Å². The molecule has 0 radical (unpaired) electrons. The highest BCUT2D eigenvalue weighted by atomic mass is 16.6. The maximum absolute atomic E-state index is 11.5. The smallest absolute Gasteiger partial charge is 0.319 e. The van der Waals surface area contributed by atoms with Crippen LogP contribution in [0.15, 0.2) is 24.3 Å². The lowest BCUT2D eigenvalue weighted by Gasteiger charge is -2.11. The van der Waals surface area contributed by atoms with Crippen molar-refractivity contribution in [1.29, 1.82) is 0 Å². The van der Waals surface area contributed by atoms with Gasteiger partial charge in [0.15, 0.2) is 0 Å². The molecular formula is C11H11N3O6. The van der Waals surface area contributed by atoms with Crippen LogP contribution in [0.3, 0.4) is 0 Å². The Morgan fingerprint density at radius 1 is 1.35 bits per heavy atom. The van der Waals surface area contributed by atoms with Gasteiger partial charge in [-0.2, -0.15) is 0 Å². The molecule has 0 spiro atoms. The monoisotopic (exact) mass is 281 g/mol. The van der Waals surface area contributed by atoms with Crippen molar-refractivity contribution in [2.45, 2.75) is 12.5 Å². The third kappa shape index (κ3) is 4.72. The van der Waals surface area contributed by atoms with Crippen LogP contribution in [0.4, 0.5) is 16.2 Å². The normalized spacial score (nSPS) is 11.2. The van der Waals surface area contributed by atoms with E-state index in [1.807, 2.05) is 0 Å². The molecule has 0 saturated heterocycles. The van der Waals surface area contributed by atoms with Crippen LogP contribution in [0, 0.1) is 10.1 Å². The fourth-order valence-electron chi connectivity index (χ4n) is 1.32. The van der Waals surface area contributed by atoms with Gasteiger partial charge in [0.1, 0.15) is 6.29 Å². The van der Waals surface area contributed by atoms with Crippen LogP contribution in [0.5, 0.6) is 0 Å². The molecule has 0 unspecified atom stereocenters. The molecule has 9 nitrogen and oxygen atoms in total. The first-order valence-corrected chi connectivity index (χ1v) is 5.41. The van der Waals surface area contributed by atoms with Crippen LogP contribution >= 0.6 is 0 Å². The molecule has 1 aromatic rings. The van der Waals surface area contributed by atoms with Crippen molar-refractivity contribution in [3.8, 4) is 0 Å². The van der Waals surface area contributed by atoms with Crippen LogP contribution in [-0.2, 0) is 9.59 Å². The second-order valence-corrected chi connectivity index (χ2v) is 3.74. The van der Waals surface area contributed by atoms with Crippen LogP contribution < -0.4 is 10.6 Å². The molecule has 0 aromatic heterocycles. The number of nitro groups is 1. The molecule has 0 aliphatic rings. The van der Waals surface area contributed by atoms with E-state index in [0.29, 0.717) is 6.29 Å². The van der Waals surface area contributed by atoms with Gasteiger partial charge in [-0.15, -0.1) is 0 Å². The number of aldehydes is 1. The van der Waals surface area contributed by atoms with E-state index < -0.39 is 29.4 Å². The van der Waals surface area contributed by atoms with E-state index in [2.05, 4.69) is 10.6 Å². The Morgan fingerprint density at radius 3 is 2.40 bits per heavy atom. The lowest BCUT2D eigenvalue weighted by molar-refractivity contribution is -0.384. The number of nitro benzene ring substituents is 1. The largest absolute Gasteiger partial charge is 0.481 e. The minimum Gasteiger partial charge on any atom is -0.481 e. The minimum atomic E-state index is -1.22. The third-order valence-electron chi connectivity index (χ3n) is 2.21. The van der Waals surface area contributed by atoms with Crippen LogP contribution in [0.1, 0.15) is 6.42 Å². The number of urea groups is 1. The zero-order valence-electron chi connectivity index (χ0n) is 10.1. The maximum atomic E-state index is 11.5. The van der Waals surface area contributed by atoms with Crippen molar-refractivity contribution in [3.63, 3.8) is 0 Å². The van der Waals surface area contributed by atoms with Gasteiger partial charge in [0.2, 0.25) is 0 Å². The number of anilines is 1. The fraction of sp³-hybridized carbons (Fsp3) is 0.182. The standard InChI is InChI=1S/C11H11N3O6/c15-6-8(5-10(16)17)13-11(18)12-7-1-3-9(4-2-7)14(19)20/h1-4,6,8H,5H2,(H,16,17)(H2,12,13,18)/t8-/m0/s1.